The van der Waals surface area contributed by atoms with Crippen molar-refractivity contribution in [1.29, 1.82) is 0 Å². The van der Waals surface area contributed by atoms with E-state index < -0.39 is 21.5 Å². The van der Waals surface area contributed by atoms with Crippen LogP contribution in [-0.2, 0) is 40.1 Å². The third-order valence-corrected chi connectivity index (χ3v) is 13.5. The van der Waals surface area contributed by atoms with Crippen LogP contribution in [0.25, 0.3) is 0 Å². The first-order chi connectivity index (χ1) is 25.9. The lowest BCUT2D eigenvalue weighted by Gasteiger charge is -2.47. The first-order valence-electron chi connectivity index (χ1n) is 19.0. The zero-order valence-electron chi connectivity index (χ0n) is 31.2. The normalized spacial score (nSPS) is 24.1. The molecular weight excluding hydrogens is 726 g/mol. The van der Waals surface area contributed by atoms with Crippen molar-refractivity contribution in [3.05, 3.63) is 94.4 Å². The van der Waals surface area contributed by atoms with Gasteiger partial charge in [-0.3, -0.25) is 9.67 Å². The van der Waals surface area contributed by atoms with Crippen molar-refractivity contribution in [2.45, 2.75) is 93.5 Å². The van der Waals surface area contributed by atoms with Crippen molar-refractivity contribution in [3.8, 4) is 11.5 Å². The summed E-state index contributed by atoms with van der Waals surface area (Å²) in [6, 6.07) is 16.9. The van der Waals surface area contributed by atoms with Crippen molar-refractivity contribution in [2.24, 2.45) is 18.9 Å². The molecule has 0 aliphatic heterocycles. The number of aliphatic carboxylic acids is 1. The second kappa shape index (κ2) is 15.5. The van der Waals surface area contributed by atoms with Gasteiger partial charge in [0.05, 0.1) is 6.61 Å². The van der Waals surface area contributed by atoms with E-state index in [1.165, 1.54) is 27.4 Å². The molecule has 2 heterocycles. The summed E-state index contributed by atoms with van der Waals surface area (Å²) < 4.78 is 42.0. The summed E-state index contributed by atoms with van der Waals surface area (Å²) in [5.41, 5.74) is 4.16. The second-order valence-electron chi connectivity index (χ2n) is 15.6. The standard InChI is InChI=1S/C41H50ClN5O6S/c1-27(26-53-36-12-18-43-35-9-4-6-28(2)38(35)36)22-30-23-29-10-11-33(52-21-19-44-54(50,51)37-13-20-47(3)46-37)25-34(29)40(30)14-16-41(17-15-40,39(48)49)45-32-8-5-7-31(42)24-32/h5,7-8,10-13,18,20,24-25,27-28,30,44-45H,4,6,9,14-17,19,21-23,26H2,1-3H3,(H,48,49)/t27-,28-,30?,40?,41?/m1/s1. The molecule has 2 aromatic carbocycles. The Balaban J connectivity index is 1.09. The summed E-state index contributed by atoms with van der Waals surface area (Å²) in [6.45, 7) is 5.31. The fraction of sp³-hybridized carbons (Fsp3) is 0.488. The molecule has 0 saturated heterocycles. The molecule has 1 spiro atoms. The number of halogens is 1. The Hall–Kier alpha value is -4.13. The van der Waals surface area contributed by atoms with Gasteiger partial charge in [-0.1, -0.05) is 37.6 Å². The molecule has 13 heteroatoms. The number of fused-ring (bicyclic) bond motifs is 3. The average Bonchev–Trinajstić information content (AvgIpc) is 3.71. The molecule has 7 rings (SSSR count). The predicted molar refractivity (Wildman–Crippen MR) is 208 cm³/mol. The second-order valence-corrected chi connectivity index (χ2v) is 17.7. The van der Waals surface area contributed by atoms with Crippen LogP contribution in [0, 0.1) is 11.8 Å². The third kappa shape index (κ3) is 7.83. The van der Waals surface area contributed by atoms with Crippen molar-refractivity contribution in [2.75, 3.05) is 25.1 Å². The lowest BCUT2D eigenvalue weighted by atomic mass is 9.59. The fourth-order valence-electron chi connectivity index (χ4n) is 9.12. The molecule has 2 aromatic heterocycles. The monoisotopic (exact) mass is 775 g/mol. The van der Waals surface area contributed by atoms with Crippen LogP contribution in [0.4, 0.5) is 5.69 Å². The molecule has 4 aromatic rings. The van der Waals surface area contributed by atoms with Crippen LogP contribution < -0.4 is 19.5 Å². The van der Waals surface area contributed by atoms with Crippen LogP contribution in [0.15, 0.2) is 72.0 Å². The molecular formula is C41H50ClN5O6S. The highest BCUT2D eigenvalue weighted by atomic mass is 35.5. The van der Waals surface area contributed by atoms with E-state index in [0.717, 1.165) is 43.5 Å². The zero-order valence-corrected chi connectivity index (χ0v) is 32.8. The van der Waals surface area contributed by atoms with Gasteiger partial charge in [0.2, 0.25) is 0 Å². The van der Waals surface area contributed by atoms with Crippen LogP contribution in [0.3, 0.4) is 0 Å². The third-order valence-electron chi connectivity index (χ3n) is 11.9. The van der Waals surface area contributed by atoms with Crippen LogP contribution in [0.2, 0.25) is 5.02 Å². The van der Waals surface area contributed by atoms with E-state index in [9.17, 15) is 18.3 Å². The fourth-order valence-corrected chi connectivity index (χ4v) is 10.3. The number of nitrogens with one attached hydrogen (secondary N) is 2. The number of ether oxygens (including phenoxy) is 2. The number of aryl methyl sites for hydroxylation is 2. The summed E-state index contributed by atoms with van der Waals surface area (Å²) in [5, 5.41) is 18.5. The molecule has 0 bridgehead atoms. The molecule has 11 nitrogen and oxygen atoms in total. The number of carboxylic acid groups (broad SMARTS) is 1. The Bertz CT molecular complexity index is 2100. The number of aromatic nitrogens is 3. The number of pyridine rings is 1. The van der Waals surface area contributed by atoms with E-state index in [0.29, 0.717) is 54.7 Å². The molecule has 288 valence electrons. The van der Waals surface area contributed by atoms with E-state index in [4.69, 9.17) is 21.1 Å². The Kier molecular flexibility index (Phi) is 11.0. The highest BCUT2D eigenvalue weighted by Gasteiger charge is 2.54. The SMILES string of the molecule is C[C@@H](COc1ccnc2c1[C@H](C)CCC2)CC1Cc2ccc(OCCNS(=O)(=O)c3ccn(C)n3)cc2C12CCC(Nc1cccc(Cl)c1)(C(=O)O)CC2. The number of anilines is 1. The molecule has 1 fully saturated rings. The van der Waals surface area contributed by atoms with E-state index in [2.05, 4.69) is 46.1 Å². The molecule has 3 atom stereocenters. The van der Waals surface area contributed by atoms with Gasteiger partial charge in [0.25, 0.3) is 10.0 Å². The Morgan fingerprint density at radius 3 is 2.67 bits per heavy atom. The lowest BCUT2D eigenvalue weighted by molar-refractivity contribution is -0.144. The van der Waals surface area contributed by atoms with Crippen molar-refractivity contribution >= 4 is 33.3 Å². The topological polar surface area (TPSA) is 145 Å². The van der Waals surface area contributed by atoms with Gasteiger partial charge < -0.3 is 19.9 Å². The Morgan fingerprint density at radius 2 is 1.93 bits per heavy atom. The minimum Gasteiger partial charge on any atom is -0.493 e. The number of hydrogen-bond donors (Lipinski definition) is 3. The van der Waals surface area contributed by atoms with Gasteiger partial charge in [0.15, 0.2) is 5.03 Å². The van der Waals surface area contributed by atoms with Gasteiger partial charge >= 0.3 is 5.97 Å². The summed E-state index contributed by atoms with van der Waals surface area (Å²) in [5.74, 6) is 1.69. The van der Waals surface area contributed by atoms with E-state index in [1.54, 1.807) is 25.4 Å². The maximum absolute atomic E-state index is 13.0. The summed E-state index contributed by atoms with van der Waals surface area (Å²) in [6.07, 6.45) is 10.8. The first-order valence-corrected chi connectivity index (χ1v) is 20.9. The number of rotatable bonds is 14. The maximum atomic E-state index is 13.0. The van der Waals surface area contributed by atoms with Crippen molar-refractivity contribution < 1.29 is 27.8 Å². The predicted octanol–water partition coefficient (Wildman–Crippen LogP) is 7.29. The van der Waals surface area contributed by atoms with Crippen LogP contribution in [0.1, 0.15) is 87.1 Å². The van der Waals surface area contributed by atoms with Crippen molar-refractivity contribution in [3.63, 3.8) is 0 Å². The Labute approximate surface area is 322 Å². The molecule has 1 unspecified atom stereocenters. The van der Waals surface area contributed by atoms with Gasteiger partial charge in [0.1, 0.15) is 23.6 Å². The number of hydrogen-bond acceptors (Lipinski definition) is 8. The van der Waals surface area contributed by atoms with Crippen LogP contribution in [0.5, 0.6) is 11.5 Å². The van der Waals surface area contributed by atoms with E-state index in [1.807, 2.05) is 30.5 Å². The minimum atomic E-state index is -3.75. The maximum Gasteiger partial charge on any atom is 0.329 e. The molecule has 3 aliphatic rings. The summed E-state index contributed by atoms with van der Waals surface area (Å²) >= 11 is 6.28. The molecule has 3 N–H and O–H groups in total. The van der Waals surface area contributed by atoms with E-state index in [-0.39, 0.29) is 35.4 Å². The van der Waals surface area contributed by atoms with Gasteiger partial charge in [-0.15, -0.1) is 0 Å². The average molecular weight is 776 g/mol. The lowest BCUT2D eigenvalue weighted by Crippen LogP contribution is -2.53. The highest BCUT2D eigenvalue weighted by molar-refractivity contribution is 7.89. The molecule has 0 amide bonds. The molecule has 54 heavy (non-hydrogen) atoms. The molecule has 3 aliphatic carbocycles. The zero-order chi connectivity index (χ0) is 38.1. The summed E-state index contributed by atoms with van der Waals surface area (Å²) in [4.78, 5) is 17.6. The number of nitrogens with zero attached hydrogens (tertiary/aromatic N) is 3. The Morgan fingerprint density at radius 1 is 1.11 bits per heavy atom. The van der Waals surface area contributed by atoms with Gasteiger partial charge in [-0.2, -0.15) is 5.10 Å². The number of carboxylic acids is 1. The quantitative estimate of drug-likeness (QED) is 0.113. The highest BCUT2D eigenvalue weighted by Crippen LogP contribution is 2.57. The van der Waals surface area contributed by atoms with Gasteiger partial charge in [-0.25, -0.2) is 17.9 Å². The smallest absolute Gasteiger partial charge is 0.329 e. The summed E-state index contributed by atoms with van der Waals surface area (Å²) in [7, 11) is -2.09. The number of benzene rings is 2. The number of sulfonamides is 1. The van der Waals surface area contributed by atoms with E-state index >= 15 is 0 Å². The van der Waals surface area contributed by atoms with Crippen LogP contribution in [-0.4, -0.2) is 59.6 Å². The van der Waals surface area contributed by atoms with Crippen LogP contribution >= 0.6 is 11.6 Å². The van der Waals surface area contributed by atoms with Gasteiger partial charge in [0, 0.05) is 48.0 Å². The molecule has 1 saturated carbocycles. The minimum absolute atomic E-state index is 0.0376. The van der Waals surface area contributed by atoms with Gasteiger partial charge in [-0.05, 0) is 135 Å². The number of carbonyl (C=O) groups is 1. The molecule has 0 radical (unpaired) electrons. The largest absolute Gasteiger partial charge is 0.493 e. The van der Waals surface area contributed by atoms with Crippen molar-refractivity contribution in [1.82, 2.24) is 19.5 Å². The first kappa shape index (κ1) is 38.2.